The number of likely N-dealkylation sites (N-methyl/N-ethyl adjacent to an activating group) is 1. The highest BCUT2D eigenvalue weighted by Crippen LogP contribution is 2.15. The van der Waals surface area contributed by atoms with Gasteiger partial charge in [0.2, 0.25) is 11.8 Å². The Morgan fingerprint density at radius 1 is 1.41 bits per heavy atom. The van der Waals surface area contributed by atoms with Gasteiger partial charge in [0.1, 0.15) is 12.4 Å². The minimum absolute atomic E-state index is 0.0191. The number of carbonyl (C=O) groups is 2. The largest absolute Gasteiger partial charge is 0.492 e. The topological polar surface area (TPSA) is 61.9 Å². The molecular weight excluding hydrogens is 306 g/mol. The number of hydrogen-bond acceptors (Lipinski definition) is 4. The van der Waals surface area contributed by atoms with Gasteiger partial charge in [-0.15, -0.1) is 0 Å². The van der Waals surface area contributed by atoms with Gasteiger partial charge in [-0.25, -0.2) is 0 Å². The van der Waals surface area contributed by atoms with Crippen LogP contribution in [-0.4, -0.2) is 68.0 Å². The second kappa shape index (κ2) is 8.00. The molecule has 1 aromatic rings. The van der Waals surface area contributed by atoms with Gasteiger partial charge in [0.15, 0.2) is 0 Å². The van der Waals surface area contributed by atoms with Crippen LogP contribution < -0.4 is 10.1 Å². The van der Waals surface area contributed by atoms with Crippen LogP contribution in [0.2, 0.25) is 5.02 Å². The number of nitrogens with zero attached hydrogens (tertiary/aromatic N) is 2. The number of carbonyl (C=O) groups excluding carboxylic acids is 2. The Kier molecular flexibility index (Phi) is 6.03. The maximum Gasteiger partial charge on any atom is 0.236 e. The third-order valence-electron chi connectivity index (χ3n) is 3.41. The zero-order valence-electron chi connectivity index (χ0n) is 12.5. The summed E-state index contributed by atoms with van der Waals surface area (Å²) in [4.78, 5) is 26.8. The van der Waals surface area contributed by atoms with Gasteiger partial charge in [0.05, 0.1) is 19.6 Å². The van der Waals surface area contributed by atoms with Crippen molar-refractivity contribution in [3.8, 4) is 5.75 Å². The van der Waals surface area contributed by atoms with Gasteiger partial charge in [-0.05, 0) is 24.3 Å². The van der Waals surface area contributed by atoms with Crippen molar-refractivity contribution in [1.82, 2.24) is 15.1 Å². The maximum atomic E-state index is 12.1. The number of hydrogen-bond donors (Lipinski definition) is 1. The molecule has 120 valence electrons. The van der Waals surface area contributed by atoms with Crippen molar-refractivity contribution in [2.45, 2.75) is 0 Å². The first kappa shape index (κ1) is 16.6. The first-order chi connectivity index (χ1) is 10.5. The fourth-order valence-electron chi connectivity index (χ4n) is 2.09. The van der Waals surface area contributed by atoms with Crippen LogP contribution in [0.4, 0.5) is 0 Å². The molecule has 0 radical (unpaired) electrons. The minimum atomic E-state index is -0.0345. The van der Waals surface area contributed by atoms with E-state index in [2.05, 4.69) is 5.32 Å². The molecule has 1 aliphatic heterocycles. The predicted molar refractivity (Wildman–Crippen MR) is 84.0 cm³/mol. The number of amides is 2. The summed E-state index contributed by atoms with van der Waals surface area (Å²) < 4.78 is 5.56. The van der Waals surface area contributed by atoms with Crippen molar-refractivity contribution in [3.63, 3.8) is 0 Å². The van der Waals surface area contributed by atoms with E-state index in [1.807, 2.05) is 4.90 Å². The smallest absolute Gasteiger partial charge is 0.236 e. The predicted octanol–water partition coefficient (Wildman–Crippen LogP) is 0.609. The van der Waals surface area contributed by atoms with Crippen LogP contribution in [0.5, 0.6) is 5.75 Å². The van der Waals surface area contributed by atoms with E-state index in [1.54, 1.807) is 36.2 Å². The first-order valence-electron chi connectivity index (χ1n) is 7.16. The summed E-state index contributed by atoms with van der Waals surface area (Å²) in [6, 6.07) is 7.09. The van der Waals surface area contributed by atoms with Crippen LogP contribution >= 0.6 is 11.6 Å². The molecule has 0 spiro atoms. The SMILES string of the molecule is CN(CCOc1ccc(Cl)cc1)C(=O)CN1CCNC(=O)C1. The van der Waals surface area contributed by atoms with Crippen LogP contribution in [0, 0.1) is 0 Å². The van der Waals surface area contributed by atoms with E-state index in [-0.39, 0.29) is 24.9 Å². The van der Waals surface area contributed by atoms with Crippen LogP contribution in [0.15, 0.2) is 24.3 Å². The molecular formula is C15H20ClN3O3. The summed E-state index contributed by atoms with van der Waals surface area (Å²) in [5, 5.41) is 3.39. The van der Waals surface area contributed by atoms with E-state index in [0.717, 1.165) is 5.75 Å². The van der Waals surface area contributed by atoms with Gasteiger partial charge in [0.25, 0.3) is 0 Å². The highest BCUT2D eigenvalue weighted by Gasteiger charge is 2.20. The number of benzene rings is 1. The molecule has 1 fully saturated rings. The molecule has 1 heterocycles. The minimum Gasteiger partial charge on any atom is -0.492 e. The van der Waals surface area contributed by atoms with Crippen LogP contribution in [0.25, 0.3) is 0 Å². The van der Waals surface area contributed by atoms with Crippen molar-refractivity contribution in [1.29, 1.82) is 0 Å². The Bertz CT molecular complexity index is 521. The molecule has 0 aromatic heterocycles. The molecule has 7 heteroatoms. The molecule has 1 N–H and O–H groups in total. The lowest BCUT2D eigenvalue weighted by Crippen LogP contribution is -2.51. The molecule has 0 atom stereocenters. The zero-order valence-corrected chi connectivity index (χ0v) is 13.3. The normalized spacial score (nSPS) is 15.3. The third kappa shape index (κ3) is 5.20. The molecule has 22 heavy (non-hydrogen) atoms. The molecule has 1 aliphatic rings. The Morgan fingerprint density at radius 3 is 2.82 bits per heavy atom. The lowest BCUT2D eigenvalue weighted by molar-refractivity contribution is -0.133. The first-order valence-corrected chi connectivity index (χ1v) is 7.54. The number of halogens is 1. The van der Waals surface area contributed by atoms with Crippen molar-refractivity contribution < 1.29 is 14.3 Å². The lowest BCUT2D eigenvalue weighted by Gasteiger charge is -2.27. The van der Waals surface area contributed by atoms with E-state index in [1.165, 1.54) is 0 Å². The zero-order chi connectivity index (χ0) is 15.9. The molecule has 2 amide bonds. The van der Waals surface area contributed by atoms with Crippen molar-refractivity contribution >= 4 is 23.4 Å². The van der Waals surface area contributed by atoms with E-state index in [4.69, 9.17) is 16.3 Å². The van der Waals surface area contributed by atoms with Crippen LogP contribution in [0.1, 0.15) is 0 Å². The van der Waals surface area contributed by atoms with Gasteiger partial charge >= 0.3 is 0 Å². The lowest BCUT2D eigenvalue weighted by atomic mass is 10.3. The van der Waals surface area contributed by atoms with E-state index in [9.17, 15) is 9.59 Å². The molecule has 6 nitrogen and oxygen atoms in total. The number of piperazine rings is 1. The second-order valence-electron chi connectivity index (χ2n) is 5.18. The van der Waals surface area contributed by atoms with Gasteiger partial charge in [-0.1, -0.05) is 11.6 Å². The van der Waals surface area contributed by atoms with Crippen LogP contribution in [0.3, 0.4) is 0 Å². The molecule has 1 saturated heterocycles. The van der Waals surface area contributed by atoms with Gasteiger partial charge in [-0.2, -0.15) is 0 Å². The van der Waals surface area contributed by atoms with Gasteiger partial charge in [0, 0.05) is 25.2 Å². The van der Waals surface area contributed by atoms with Crippen molar-refractivity contribution in [2.75, 3.05) is 46.4 Å². The fourth-order valence-corrected chi connectivity index (χ4v) is 2.22. The second-order valence-corrected chi connectivity index (χ2v) is 5.61. The average Bonchev–Trinajstić information content (AvgIpc) is 2.49. The van der Waals surface area contributed by atoms with Crippen LogP contribution in [-0.2, 0) is 9.59 Å². The highest BCUT2D eigenvalue weighted by molar-refractivity contribution is 6.30. The molecule has 0 bridgehead atoms. The summed E-state index contributed by atoms with van der Waals surface area (Å²) in [7, 11) is 1.73. The fraction of sp³-hybridized carbons (Fsp3) is 0.467. The van der Waals surface area contributed by atoms with E-state index >= 15 is 0 Å². The summed E-state index contributed by atoms with van der Waals surface area (Å²) >= 11 is 5.80. The Morgan fingerprint density at radius 2 is 2.14 bits per heavy atom. The summed E-state index contributed by atoms with van der Waals surface area (Å²) in [6.45, 7) is 2.72. The molecule has 1 aromatic carbocycles. The highest BCUT2D eigenvalue weighted by atomic mass is 35.5. The molecule has 0 aliphatic carbocycles. The third-order valence-corrected chi connectivity index (χ3v) is 3.66. The van der Waals surface area contributed by atoms with Crippen molar-refractivity contribution in [2.24, 2.45) is 0 Å². The molecule has 2 rings (SSSR count). The van der Waals surface area contributed by atoms with Gasteiger partial charge < -0.3 is 15.0 Å². The maximum absolute atomic E-state index is 12.1. The summed E-state index contributed by atoms with van der Waals surface area (Å²) in [6.07, 6.45) is 0. The molecule has 0 unspecified atom stereocenters. The Hall–Kier alpha value is -1.79. The Balaban J connectivity index is 1.69. The summed E-state index contributed by atoms with van der Waals surface area (Å²) in [5.74, 6) is 0.667. The Labute approximate surface area is 135 Å². The number of rotatable bonds is 6. The molecule has 0 saturated carbocycles. The summed E-state index contributed by atoms with van der Waals surface area (Å²) in [5.41, 5.74) is 0. The number of ether oxygens (including phenoxy) is 1. The van der Waals surface area contributed by atoms with E-state index in [0.29, 0.717) is 31.3 Å². The van der Waals surface area contributed by atoms with E-state index < -0.39 is 0 Å². The number of nitrogens with one attached hydrogen (secondary N) is 1. The van der Waals surface area contributed by atoms with Gasteiger partial charge in [-0.3, -0.25) is 14.5 Å². The quantitative estimate of drug-likeness (QED) is 0.832. The monoisotopic (exact) mass is 325 g/mol. The average molecular weight is 326 g/mol. The van der Waals surface area contributed by atoms with Crippen molar-refractivity contribution in [3.05, 3.63) is 29.3 Å². The standard InChI is InChI=1S/C15H20ClN3O3/c1-18(8-9-22-13-4-2-12(16)3-5-13)15(21)11-19-7-6-17-14(20)10-19/h2-5H,6-11H2,1H3,(H,17,20).